The Bertz CT molecular complexity index is 340. The molecule has 0 bridgehead atoms. The van der Waals surface area contributed by atoms with Crippen LogP contribution in [0.5, 0.6) is 0 Å². The maximum absolute atomic E-state index is 8.55. The van der Waals surface area contributed by atoms with Gasteiger partial charge in [0.1, 0.15) is 0 Å². The van der Waals surface area contributed by atoms with Gasteiger partial charge in [0.25, 0.3) is 0 Å². The molecule has 4 heteroatoms. The molecule has 0 aromatic heterocycles. The molecule has 0 fully saturated rings. The summed E-state index contributed by atoms with van der Waals surface area (Å²) < 4.78 is 0.994. The van der Waals surface area contributed by atoms with E-state index in [0.29, 0.717) is 0 Å². The average molecular weight is 263 g/mol. The molecule has 0 aliphatic rings. The van der Waals surface area contributed by atoms with E-state index in [2.05, 4.69) is 21.1 Å². The normalized spacial score (nSPS) is 11.8. The van der Waals surface area contributed by atoms with Crippen molar-refractivity contribution in [1.29, 1.82) is 0 Å². The van der Waals surface area contributed by atoms with E-state index in [1.54, 1.807) is 0 Å². The lowest BCUT2D eigenvalue weighted by Gasteiger charge is -2.07. The molecule has 0 aliphatic carbocycles. The van der Waals surface area contributed by atoms with Crippen LogP contribution in [0.25, 0.3) is 0 Å². The number of halogens is 2. The number of oxime groups is 1. The Kier molecular flexibility index (Phi) is 3.33. The fourth-order valence-corrected chi connectivity index (χ4v) is 2.27. The molecule has 1 aromatic rings. The molecule has 2 nitrogen and oxygen atoms in total. The Labute approximate surface area is 90.3 Å². The summed E-state index contributed by atoms with van der Waals surface area (Å²) in [7, 11) is 0. The molecular weight excluding hydrogens is 253 g/mol. The van der Waals surface area contributed by atoms with Gasteiger partial charge in [0.2, 0.25) is 0 Å². The lowest BCUT2D eigenvalue weighted by molar-refractivity contribution is 0.321. The smallest absolute Gasteiger partial charge is 0.175 e. The van der Waals surface area contributed by atoms with Crippen molar-refractivity contribution in [2.45, 2.75) is 13.8 Å². The van der Waals surface area contributed by atoms with Crippen LogP contribution in [-0.2, 0) is 0 Å². The van der Waals surface area contributed by atoms with E-state index >= 15 is 0 Å². The van der Waals surface area contributed by atoms with Crippen LogP contribution in [0.4, 0.5) is 0 Å². The topological polar surface area (TPSA) is 32.6 Å². The minimum Gasteiger partial charge on any atom is -0.410 e. The molecule has 0 aliphatic heterocycles. The Balaban J connectivity index is 3.37. The fraction of sp³-hybridized carbons (Fsp3) is 0.222. The molecule has 1 aromatic carbocycles. The highest BCUT2D eigenvalue weighted by Crippen LogP contribution is 2.22. The first-order valence-corrected chi connectivity index (χ1v) is 4.88. The van der Waals surface area contributed by atoms with Crippen molar-refractivity contribution in [2.24, 2.45) is 5.16 Å². The van der Waals surface area contributed by atoms with Gasteiger partial charge in [-0.1, -0.05) is 32.7 Å². The molecule has 13 heavy (non-hydrogen) atoms. The van der Waals surface area contributed by atoms with Crippen LogP contribution in [0.15, 0.2) is 21.8 Å². The molecule has 0 saturated carbocycles. The molecular formula is C9H9BrClNO. The molecule has 1 N–H and O–H groups in total. The van der Waals surface area contributed by atoms with Gasteiger partial charge in [-0.25, -0.2) is 0 Å². The van der Waals surface area contributed by atoms with Gasteiger partial charge in [-0.15, -0.1) is 0 Å². The number of benzene rings is 1. The zero-order chi connectivity index (χ0) is 10.0. The van der Waals surface area contributed by atoms with Gasteiger partial charge in [0.05, 0.1) is 0 Å². The first-order chi connectivity index (χ1) is 6.06. The molecule has 70 valence electrons. The summed E-state index contributed by atoms with van der Waals surface area (Å²) in [4.78, 5) is 0. The van der Waals surface area contributed by atoms with Crippen molar-refractivity contribution in [3.8, 4) is 0 Å². The maximum Gasteiger partial charge on any atom is 0.175 e. The Morgan fingerprint density at radius 2 is 1.85 bits per heavy atom. The van der Waals surface area contributed by atoms with Gasteiger partial charge in [0, 0.05) is 10.0 Å². The molecule has 0 atom stereocenters. The van der Waals surface area contributed by atoms with E-state index in [4.69, 9.17) is 16.8 Å². The highest BCUT2D eigenvalue weighted by atomic mass is 79.9. The lowest BCUT2D eigenvalue weighted by atomic mass is 10.0. The fourth-order valence-electron chi connectivity index (χ4n) is 1.29. The number of hydrogen-bond acceptors (Lipinski definition) is 2. The van der Waals surface area contributed by atoms with Crippen LogP contribution in [0, 0.1) is 13.8 Å². The molecule has 1 rings (SSSR count). The zero-order valence-electron chi connectivity index (χ0n) is 7.31. The monoisotopic (exact) mass is 261 g/mol. The summed E-state index contributed by atoms with van der Waals surface area (Å²) in [6, 6.07) is 3.85. The lowest BCUT2D eigenvalue weighted by Crippen LogP contribution is -1.99. The third-order valence-electron chi connectivity index (χ3n) is 1.79. The van der Waals surface area contributed by atoms with Crippen LogP contribution in [-0.4, -0.2) is 10.4 Å². The van der Waals surface area contributed by atoms with Gasteiger partial charge in [-0.2, -0.15) is 0 Å². The van der Waals surface area contributed by atoms with E-state index in [1.165, 1.54) is 0 Å². The SMILES string of the molecule is Cc1cc(Br)cc(C)c1C(Cl)=NO. The maximum atomic E-state index is 8.55. The summed E-state index contributed by atoms with van der Waals surface area (Å²) in [5.41, 5.74) is 2.75. The van der Waals surface area contributed by atoms with Gasteiger partial charge in [-0.05, 0) is 37.1 Å². The number of nitrogens with zero attached hydrogens (tertiary/aromatic N) is 1. The molecule has 0 unspecified atom stereocenters. The van der Waals surface area contributed by atoms with E-state index in [0.717, 1.165) is 21.2 Å². The van der Waals surface area contributed by atoms with Gasteiger partial charge < -0.3 is 5.21 Å². The minimum absolute atomic E-state index is 0.127. The molecule has 0 amide bonds. The summed E-state index contributed by atoms with van der Waals surface area (Å²) >= 11 is 9.11. The second-order valence-electron chi connectivity index (χ2n) is 2.81. The second kappa shape index (κ2) is 4.11. The van der Waals surface area contributed by atoms with Crippen LogP contribution >= 0.6 is 27.5 Å². The van der Waals surface area contributed by atoms with Crippen molar-refractivity contribution in [1.82, 2.24) is 0 Å². The van der Waals surface area contributed by atoms with Gasteiger partial charge in [-0.3, -0.25) is 0 Å². The highest BCUT2D eigenvalue weighted by Gasteiger charge is 2.08. The van der Waals surface area contributed by atoms with Crippen LogP contribution in [0.3, 0.4) is 0 Å². The molecule has 0 radical (unpaired) electrons. The highest BCUT2D eigenvalue weighted by molar-refractivity contribution is 9.10. The summed E-state index contributed by atoms with van der Waals surface area (Å²) in [6.07, 6.45) is 0. The Hall–Kier alpha value is -0.540. The van der Waals surface area contributed by atoms with Gasteiger partial charge in [0.15, 0.2) is 5.17 Å². The average Bonchev–Trinajstić information content (AvgIpc) is 2.02. The van der Waals surface area contributed by atoms with Crippen LogP contribution in [0.1, 0.15) is 16.7 Å². The van der Waals surface area contributed by atoms with E-state index in [-0.39, 0.29) is 5.17 Å². The predicted octanol–water partition coefficient (Wildman–Crippen LogP) is 3.44. The van der Waals surface area contributed by atoms with Crippen molar-refractivity contribution in [2.75, 3.05) is 0 Å². The summed E-state index contributed by atoms with van der Waals surface area (Å²) in [6.45, 7) is 3.83. The Morgan fingerprint density at radius 1 is 1.38 bits per heavy atom. The Morgan fingerprint density at radius 3 is 2.23 bits per heavy atom. The number of hydrogen-bond donors (Lipinski definition) is 1. The molecule has 0 saturated heterocycles. The molecule has 0 spiro atoms. The summed E-state index contributed by atoms with van der Waals surface area (Å²) in [5.74, 6) is 0. The van der Waals surface area contributed by atoms with Crippen molar-refractivity contribution < 1.29 is 5.21 Å². The van der Waals surface area contributed by atoms with Crippen molar-refractivity contribution in [3.63, 3.8) is 0 Å². The standard InChI is InChI=1S/C9H9BrClNO/c1-5-3-7(10)4-6(2)8(5)9(11)12-13/h3-4,13H,1-2H3. The van der Waals surface area contributed by atoms with Crippen LogP contribution in [0.2, 0.25) is 0 Å². The van der Waals surface area contributed by atoms with E-state index < -0.39 is 0 Å². The number of rotatable bonds is 1. The zero-order valence-corrected chi connectivity index (χ0v) is 9.65. The third-order valence-corrected chi connectivity index (χ3v) is 2.51. The van der Waals surface area contributed by atoms with E-state index in [1.807, 2.05) is 26.0 Å². The van der Waals surface area contributed by atoms with Gasteiger partial charge >= 0.3 is 0 Å². The first kappa shape index (κ1) is 10.5. The summed E-state index contributed by atoms with van der Waals surface area (Å²) in [5, 5.41) is 11.7. The minimum atomic E-state index is 0.127. The number of aryl methyl sites for hydroxylation is 2. The largest absolute Gasteiger partial charge is 0.410 e. The second-order valence-corrected chi connectivity index (χ2v) is 4.08. The molecule has 0 heterocycles. The van der Waals surface area contributed by atoms with Crippen molar-refractivity contribution >= 4 is 32.7 Å². The van der Waals surface area contributed by atoms with Crippen molar-refractivity contribution in [3.05, 3.63) is 33.3 Å². The van der Waals surface area contributed by atoms with Crippen LogP contribution < -0.4 is 0 Å². The predicted molar refractivity (Wildman–Crippen MR) is 57.8 cm³/mol. The van der Waals surface area contributed by atoms with E-state index in [9.17, 15) is 0 Å². The first-order valence-electron chi connectivity index (χ1n) is 3.71. The quantitative estimate of drug-likeness (QED) is 0.469. The third kappa shape index (κ3) is 2.23.